The van der Waals surface area contributed by atoms with Gasteiger partial charge in [-0.25, -0.2) is 8.42 Å². The lowest BCUT2D eigenvalue weighted by molar-refractivity contribution is -0.384. The van der Waals surface area contributed by atoms with Gasteiger partial charge in [0.25, 0.3) is 11.6 Å². The summed E-state index contributed by atoms with van der Waals surface area (Å²) in [5.41, 5.74) is 1.44. The van der Waals surface area contributed by atoms with Crippen molar-refractivity contribution in [1.82, 2.24) is 0 Å². The van der Waals surface area contributed by atoms with Crippen LogP contribution in [-0.4, -0.2) is 31.0 Å². The summed E-state index contributed by atoms with van der Waals surface area (Å²) in [5, 5.41) is 12.1. The quantitative estimate of drug-likeness (QED) is 0.607. The van der Waals surface area contributed by atoms with Gasteiger partial charge in [0.05, 0.1) is 16.7 Å². The summed E-state index contributed by atoms with van der Waals surface area (Å²) in [6, 6.07) is 11.8. The molecule has 0 spiro atoms. The van der Waals surface area contributed by atoms with Gasteiger partial charge in [0.1, 0.15) is 0 Å². The first-order chi connectivity index (χ1) is 12.3. The van der Waals surface area contributed by atoms with Crippen LogP contribution < -0.4 is 4.90 Å². The second kappa shape index (κ2) is 6.72. The van der Waals surface area contributed by atoms with Crippen molar-refractivity contribution in [3.05, 3.63) is 81.3 Å². The molecule has 0 saturated heterocycles. The lowest BCUT2D eigenvalue weighted by Crippen LogP contribution is -2.41. The number of nitro groups is 1. The van der Waals surface area contributed by atoms with E-state index >= 15 is 0 Å². The van der Waals surface area contributed by atoms with Gasteiger partial charge in [0, 0.05) is 28.8 Å². The van der Waals surface area contributed by atoms with Gasteiger partial charge in [0.15, 0.2) is 9.84 Å². The van der Waals surface area contributed by atoms with E-state index < -0.39 is 26.7 Å². The zero-order valence-electron chi connectivity index (χ0n) is 13.9. The van der Waals surface area contributed by atoms with Gasteiger partial charge in [-0.2, -0.15) is 0 Å². The molecule has 1 amide bonds. The Bertz CT molecular complexity index is 996. The third kappa shape index (κ3) is 3.65. The van der Waals surface area contributed by atoms with Crippen LogP contribution in [0.2, 0.25) is 0 Å². The highest BCUT2D eigenvalue weighted by Gasteiger charge is 2.32. The van der Waals surface area contributed by atoms with E-state index in [0.717, 1.165) is 11.0 Å². The second-order valence-corrected chi connectivity index (χ2v) is 7.97. The van der Waals surface area contributed by atoms with E-state index in [4.69, 9.17) is 0 Å². The van der Waals surface area contributed by atoms with E-state index in [0.29, 0.717) is 5.69 Å². The minimum absolute atomic E-state index is 0.123. The van der Waals surface area contributed by atoms with Crippen molar-refractivity contribution < 1.29 is 18.1 Å². The highest BCUT2D eigenvalue weighted by atomic mass is 32.2. The van der Waals surface area contributed by atoms with Crippen LogP contribution in [0.3, 0.4) is 0 Å². The lowest BCUT2D eigenvalue weighted by Gasteiger charge is -2.28. The number of sulfone groups is 1. The predicted molar refractivity (Wildman–Crippen MR) is 97.8 cm³/mol. The Labute approximate surface area is 150 Å². The predicted octanol–water partition coefficient (Wildman–Crippen LogP) is 2.86. The van der Waals surface area contributed by atoms with Crippen molar-refractivity contribution in [2.45, 2.75) is 13.0 Å². The molecule has 0 aromatic heterocycles. The molecule has 1 atom stereocenters. The molecule has 7 nitrogen and oxygen atoms in total. The molecule has 3 rings (SSSR count). The van der Waals surface area contributed by atoms with Gasteiger partial charge in [-0.3, -0.25) is 14.9 Å². The van der Waals surface area contributed by atoms with Crippen LogP contribution in [0, 0.1) is 17.0 Å². The standard InChI is InChI=1S/C18H16N2O5S/c1-13-5-7-15(8-6-13)19(17-9-10-26(24,25)12-17)18(21)14-3-2-4-16(11-14)20(22)23/h2-11,17H,12H2,1H3/t17-/m0/s1. The molecule has 8 heteroatoms. The van der Waals surface area contributed by atoms with Gasteiger partial charge in [-0.05, 0) is 31.2 Å². The molecular weight excluding hydrogens is 356 g/mol. The Balaban J connectivity index is 2.04. The van der Waals surface area contributed by atoms with E-state index in [1.165, 1.54) is 35.2 Å². The molecule has 2 aromatic rings. The summed E-state index contributed by atoms with van der Waals surface area (Å²) in [4.78, 5) is 24.8. The summed E-state index contributed by atoms with van der Waals surface area (Å²) < 4.78 is 23.6. The van der Waals surface area contributed by atoms with Crippen LogP contribution in [0.25, 0.3) is 0 Å². The summed E-state index contributed by atoms with van der Waals surface area (Å²) in [7, 11) is -3.38. The molecule has 0 unspecified atom stereocenters. The number of aryl methyl sites for hydroxylation is 1. The van der Waals surface area contributed by atoms with E-state index in [-0.39, 0.29) is 17.0 Å². The number of benzene rings is 2. The van der Waals surface area contributed by atoms with Crippen LogP contribution in [0.5, 0.6) is 0 Å². The molecule has 0 fully saturated rings. The molecule has 0 aliphatic carbocycles. The lowest BCUT2D eigenvalue weighted by atomic mass is 10.1. The molecular formula is C18H16N2O5S. The van der Waals surface area contributed by atoms with Gasteiger partial charge < -0.3 is 4.90 Å². The van der Waals surface area contributed by atoms with Crippen molar-refractivity contribution in [3.63, 3.8) is 0 Å². The van der Waals surface area contributed by atoms with Crippen LogP contribution in [-0.2, 0) is 9.84 Å². The van der Waals surface area contributed by atoms with Crippen molar-refractivity contribution in [2.75, 3.05) is 10.7 Å². The molecule has 26 heavy (non-hydrogen) atoms. The number of hydrogen-bond acceptors (Lipinski definition) is 5. The maximum absolute atomic E-state index is 13.1. The maximum atomic E-state index is 13.1. The van der Waals surface area contributed by atoms with E-state index in [9.17, 15) is 23.3 Å². The Morgan fingerprint density at radius 2 is 1.88 bits per heavy atom. The molecule has 0 N–H and O–H groups in total. The molecule has 1 heterocycles. The second-order valence-electron chi connectivity index (χ2n) is 6.04. The zero-order chi connectivity index (χ0) is 18.9. The summed E-state index contributed by atoms with van der Waals surface area (Å²) in [5.74, 6) is -0.717. The Morgan fingerprint density at radius 3 is 2.46 bits per heavy atom. The average Bonchev–Trinajstić information content (AvgIpc) is 2.96. The van der Waals surface area contributed by atoms with Crippen molar-refractivity contribution in [3.8, 4) is 0 Å². The maximum Gasteiger partial charge on any atom is 0.270 e. The number of amides is 1. The van der Waals surface area contributed by atoms with Gasteiger partial charge >= 0.3 is 0 Å². The number of nitrogens with zero attached hydrogens (tertiary/aromatic N) is 2. The first-order valence-electron chi connectivity index (χ1n) is 7.82. The first-order valence-corrected chi connectivity index (χ1v) is 9.54. The van der Waals surface area contributed by atoms with Crippen LogP contribution in [0.4, 0.5) is 11.4 Å². The van der Waals surface area contributed by atoms with Crippen molar-refractivity contribution >= 4 is 27.1 Å². The molecule has 0 bridgehead atoms. The number of carbonyl (C=O) groups is 1. The molecule has 0 radical (unpaired) electrons. The summed E-state index contributed by atoms with van der Waals surface area (Å²) >= 11 is 0. The molecule has 0 saturated carbocycles. The fraction of sp³-hybridized carbons (Fsp3) is 0.167. The highest BCUT2D eigenvalue weighted by Crippen LogP contribution is 2.26. The van der Waals surface area contributed by atoms with Gasteiger partial charge in [-0.15, -0.1) is 0 Å². The number of nitro benzene ring substituents is 1. The summed E-state index contributed by atoms with van der Waals surface area (Å²) in [6.07, 6.45) is 1.46. The zero-order valence-corrected chi connectivity index (χ0v) is 14.7. The number of non-ortho nitro benzene ring substituents is 1. The summed E-state index contributed by atoms with van der Waals surface area (Å²) in [6.45, 7) is 1.90. The Morgan fingerprint density at radius 1 is 1.19 bits per heavy atom. The van der Waals surface area contributed by atoms with E-state index in [2.05, 4.69) is 0 Å². The molecule has 1 aliphatic heterocycles. The highest BCUT2D eigenvalue weighted by molar-refractivity contribution is 7.94. The minimum Gasteiger partial charge on any atom is -0.300 e. The fourth-order valence-corrected chi connectivity index (χ4v) is 4.04. The van der Waals surface area contributed by atoms with E-state index in [1.807, 2.05) is 19.1 Å². The Kier molecular flexibility index (Phi) is 4.60. The molecule has 134 valence electrons. The first kappa shape index (κ1) is 17.8. The normalized spacial score (nSPS) is 17.8. The largest absolute Gasteiger partial charge is 0.300 e. The molecule has 1 aliphatic rings. The van der Waals surface area contributed by atoms with Gasteiger partial charge in [0.2, 0.25) is 0 Å². The minimum atomic E-state index is -3.38. The van der Waals surface area contributed by atoms with E-state index in [1.54, 1.807) is 12.1 Å². The third-order valence-corrected chi connectivity index (χ3v) is 5.46. The fourth-order valence-electron chi connectivity index (χ4n) is 2.78. The van der Waals surface area contributed by atoms with Crippen LogP contribution >= 0.6 is 0 Å². The SMILES string of the molecule is Cc1ccc(N(C(=O)c2cccc([N+](=O)[O-])c2)[C@H]2C=CS(=O)(=O)C2)cc1. The van der Waals surface area contributed by atoms with Crippen LogP contribution in [0.1, 0.15) is 15.9 Å². The monoisotopic (exact) mass is 372 g/mol. The van der Waals surface area contributed by atoms with Crippen LogP contribution in [0.15, 0.2) is 60.0 Å². The number of anilines is 1. The average molecular weight is 372 g/mol. The van der Waals surface area contributed by atoms with Crippen molar-refractivity contribution in [2.24, 2.45) is 0 Å². The Hall–Kier alpha value is -3.00. The van der Waals surface area contributed by atoms with Gasteiger partial charge in [-0.1, -0.05) is 23.8 Å². The number of carbonyl (C=O) groups excluding carboxylic acids is 1. The topological polar surface area (TPSA) is 97.6 Å². The number of rotatable bonds is 4. The molecule has 2 aromatic carbocycles. The van der Waals surface area contributed by atoms with Crippen molar-refractivity contribution in [1.29, 1.82) is 0 Å². The third-order valence-electron chi connectivity index (χ3n) is 4.08. The smallest absolute Gasteiger partial charge is 0.270 e. The number of hydrogen-bond donors (Lipinski definition) is 0.